The Kier molecular flexibility index (Phi) is 3.88. The van der Waals surface area contributed by atoms with Gasteiger partial charge in [0.25, 0.3) is 0 Å². The van der Waals surface area contributed by atoms with Crippen molar-refractivity contribution < 1.29 is 9.90 Å². The average Bonchev–Trinajstić information content (AvgIpc) is 2.75. The second-order valence-electron chi connectivity index (χ2n) is 3.76. The number of hydrogen-bond acceptors (Lipinski definition) is 4. The number of carboxylic acids is 1. The molecule has 1 N–H and O–H groups in total. The minimum absolute atomic E-state index is 0.0671. The summed E-state index contributed by atoms with van der Waals surface area (Å²) >= 11 is 1.14. The summed E-state index contributed by atoms with van der Waals surface area (Å²) in [5, 5.41) is 18.4. The highest BCUT2D eigenvalue weighted by Crippen LogP contribution is 2.26. The zero-order chi connectivity index (χ0) is 13.8. The van der Waals surface area contributed by atoms with E-state index in [1.165, 1.54) is 0 Å². The predicted molar refractivity (Wildman–Crippen MR) is 73.0 cm³/mol. The summed E-state index contributed by atoms with van der Waals surface area (Å²) in [4.78, 5) is 15.0. The molecule has 0 atom stereocenters. The number of thioether (sulfide) groups is 1. The van der Waals surface area contributed by atoms with E-state index in [9.17, 15) is 4.79 Å². The van der Waals surface area contributed by atoms with Crippen molar-refractivity contribution in [1.29, 1.82) is 5.26 Å². The highest BCUT2D eigenvalue weighted by molar-refractivity contribution is 7.99. The van der Waals surface area contributed by atoms with Crippen molar-refractivity contribution in [3.63, 3.8) is 0 Å². The molecule has 96 valence electrons. The van der Waals surface area contributed by atoms with Crippen LogP contribution in [0.1, 0.15) is 5.56 Å². The van der Waals surface area contributed by atoms with Gasteiger partial charge in [-0.25, -0.2) is 4.98 Å². The van der Waals surface area contributed by atoms with Gasteiger partial charge in [-0.15, -0.1) is 6.58 Å². The summed E-state index contributed by atoms with van der Waals surface area (Å²) < 4.78 is 1.86. The lowest BCUT2D eigenvalue weighted by Crippen LogP contribution is -2.02. The number of nitriles is 1. The zero-order valence-corrected chi connectivity index (χ0v) is 10.9. The number of hydrogen-bond donors (Lipinski definition) is 1. The monoisotopic (exact) mass is 273 g/mol. The van der Waals surface area contributed by atoms with Gasteiger partial charge >= 0.3 is 5.97 Å². The number of imidazole rings is 1. The molecule has 1 heterocycles. The van der Waals surface area contributed by atoms with E-state index in [0.29, 0.717) is 22.8 Å². The van der Waals surface area contributed by atoms with E-state index in [0.717, 1.165) is 17.3 Å². The van der Waals surface area contributed by atoms with Crippen LogP contribution in [0.4, 0.5) is 0 Å². The predicted octanol–water partition coefficient (Wildman–Crippen LogP) is 2.27. The Morgan fingerprint density at radius 2 is 2.42 bits per heavy atom. The van der Waals surface area contributed by atoms with Crippen LogP contribution in [-0.4, -0.2) is 26.4 Å². The first-order chi connectivity index (χ1) is 9.17. The number of aliphatic carboxylic acids is 1. The Morgan fingerprint density at radius 3 is 3.05 bits per heavy atom. The number of para-hydroxylation sites is 1. The van der Waals surface area contributed by atoms with E-state index in [1.807, 2.05) is 10.6 Å². The standard InChI is InChI=1S/C13H11N3O2S/c1-2-6-16-10-5-3-4-9(7-14)12(10)15-13(16)19-8-11(17)18/h2-5H,1,6,8H2,(H,17,18). The molecule has 2 rings (SSSR count). The van der Waals surface area contributed by atoms with E-state index < -0.39 is 5.97 Å². The summed E-state index contributed by atoms with van der Waals surface area (Å²) in [6.07, 6.45) is 1.71. The van der Waals surface area contributed by atoms with E-state index in [-0.39, 0.29) is 5.75 Å². The number of carbonyl (C=O) groups is 1. The quantitative estimate of drug-likeness (QED) is 0.667. The molecule has 1 aromatic heterocycles. The lowest BCUT2D eigenvalue weighted by Gasteiger charge is -2.04. The molecular formula is C13H11N3O2S. The number of carboxylic acid groups (broad SMARTS) is 1. The van der Waals surface area contributed by atoms with Crippen LogP contribution in [0.15, 0.2) is 36.0 Å². The normalized spacial score (nSPS) is 10.3. The van der Waals surface area contributed by atoms with Crippen LogP contribution in [0.2, 0.25) is 0 Å². The van der Waals surface area contributed by atoms with Crippen molar-refractivity contribution in [1.82, 2.24) is 9.55 Å². The molecule has 2 aromatic rings. The largest absolute Gasteiger partial charge is 0.481 e. The van der Waals surface area contributed by atoms with Gasteiger partial charge in [-0.3, -0.25) is 4.79 Å². The highest BCUT2D eigenvalue weighted by Gasteiger charge is 2.14. The van der Waals surface area contributed by atoms with Crippen LogP contribution in [0.5, 0.6) is 0 Å². The zero-order valence-electron chi connectivity index (χ0n) is 10.0. The highest BCUT2D eigenvalue weighted by atomic mass is 32.2. The molecule has 0 amide bonds. The molecule has 0 aliphatic rings. The Bertz CT molecular complexity index is 685. The number of fused-ring (bicyclic) bond motifs is 1. The fraction of sp³-hybridized carbons (Fsp3) is 0.154. The number of aromatic nitrogens is 2. The molecule has 0 radical (unpaired) electrons. The van der Waals surface area contributed by atoms with Gasteiger partial charge < -0.3 is 9.67 Å². The molecule has 0 unspecified atom stereocenters. The van der Waals surface area contributed by atoms with Crippen LogP contribution in [0.3, 0.4) is 0 Å². The first-order valence-electron chi connectivity index (χ1n) is 5.52. The Labute approximate surface area is 114 Å². The third kappa shape index (κ3) is 2.61. The molecule has 5 nitrogen and oxygen atoms in total. The van der Waals surface area contributed by atoms with Crippen molar-refractivity contribution in [2.45, 2.75) is 11.7 Å². The summed E-state index contributed by atoms with van der Waals surface area (Å²) in [5.41, 5.74) is 1.89. The molecule has 0 fully saturated rings. The minimum Gasteiger partial charge on any atom is -0.481 e. The van der Waals surface area contributed by atoms with Crippen LogP contribution >= 0.6 is 11.8 Å². The van der Waals surface area contributed by atoms with Gasteiger partial charge in [0.05, 0.1) is 16.8 Å². The summed E-state index contributed by atoms with van der Waals surface area (Å²) in [7, 11) is 0. The fourth-order valence-electron chi connectivity index (χ4n) is 1.76. The van der Waals surface area contributed by atoms with Crippen LogP contribution in [0, 0.1) is 11.3 Å². The summed E-state index contributed by atoms with van der Waals surface area (Å²) in [5.74, 6) is -0.967. The van der Waals surface area contributed by atoms with E-state index in [2.05, 4.69) is 17.6 Å². The van der Waals surface area contributed by atoms with Gasteiger partial charge in [0, 0.05) is 6.54 Å². The molecule has 0 aliphatic heterocycles. The van der Waals surface area contributed by atoms with Gasteiger partial charge in [0.15, 0.2) is 5.16 Å². The smallest absolute Gasteiger partial charge is 0.313 e. The third-order valence-corrected chi connectivity index (χ3v) is 3.46. The molecule has 19 heavy (non-hydrogen) atoms. The molecule has 1 aromatic carbocycles. The summed E-state index contributed by atoms with van der Waals surface area (Å²) in [6.45, 7) is 4.20. The maximum absolute atomic E-state index is 10.6. The molecule has 6 heteroatoms. The van der Waals surface area contributed by atoms with Crippen LogP contribution in [0.25, 0.3) is 11.0 Å². The van der Waals surface area contributed by atoms with Crippen LogP contribution in [-0.2, 0) is 11.3 Å². The number of nitrogens with zero attached hydrogens (tertiary/aromatic N) is 3. The molecule has 0 saturated heterocycles. The third-order valence-electron chi connectivity index (χ3n) is 2.50. The van der Waals surface area contributed by atoms with E-state index >= 15 is 0 Å². The second-order valence-corrected chi connectivity index (χ2v) is 4.70. The molecule has 0 bridgehead atoms. The van der Waals surface area contributed by atoms with Crippen molar-refractivity contribution in [3.05, 3.63) is 36.4 Å². The summed E-state index contributed by atoms with van der Waals surface area (Å²) in [6, 6.07) is 7.43. The topological polar surface area (TPSA) is 78.9 Å². The van der Waals surface area contributed by atoms with Crippen molar-refractivity contribution in [2.75, 3.05) is 5.75 Å². The lowest BCUT2D eigenvalue weighted by molar-refractivity contribution is -0.133. The van der Waals surface area contributed by atoms with Gasteiger partial charge in [-0.1, -0.05) is 23.9 Å². The maximum atomic E-state index is 10.6. The van der Waals surface area contributed by atoms with Crippen LogP contribution < -0.4 is 0 Å². The first-order valence-corrected chi connectivity index (χ1v) is 6.50. The van der Waals surface area contributed by atoms with Gasteiger partial charge in [0.1, 0.15) is 11.6 Å². The fourth-order valence-corrected chi connectivity index (χ4v) is 2.50. The van der Waals surface area contributed by atoms with E-state index in [1.54, 1.807) is 18.2 Å². The Balaban J connectivity index is 2.56. The van der Waals surface area contributed by atoms with Crippen molar-refractivity contribution >= 4 is 28.8 Å². The first kappa shape index (κ1) is 13.2. The lowest BCUT2D eigenvalue weighted by atomic mass is 10.2. The second kappa shape index (κ2) is 5.59. The molecule has 0 aliphatic carbocycles. The van der Waals surface area contributed by atoms with Crippen molar-refractivity contribution in [3.8, 4) is 6.07 Å². The number of rotatable bonds is 5. The number of benzene rings is 1. The van der Waals surface area contributed by atoms with Gasteiger partial charge in [0.2, 0.25) is 0 Å². The average molecular weight is 273 g/mol. The SMILES string of the molecule is C=CCn1c(SCC(=O)O)nc2c(C#N)cccc21. The van der Waals surface area contributed by atoms with E-state index in [4.69, 9.17) is 10.4 Å². The van der Waals surface area contributed by atoms with Gasteiger partial charge in [-0.2, -0.15) is 5.26 Å². The Morgan fingerprint density at radius 1 is 1.63 bits per heavy atom. The Hall–Kier alpha value is -2.26. The minimum atomic E-state index is -0.900. The molecule has 0 saturated carbocycles. The molecular weight excluding hydrogens is 262 g/mol. The van der Waals surface area contributed by atoms with Crippen molar-refractivity contribution in [2.24, 2.45) is 0 Å². The number of allylic oxidation sites excluding steroid dienone is 1. The van der Waals surface area contributed by atoms with Gasteiger partial charge in [-0.05, 0) is 12.1 Å². The molecule has 0 spiro atoms. The maximum Gasteiger partial charge on any atom is 0.313 e.